The maximum absolute atomic E-state index is 13.3. The normalized spacial score (nSPS) is 10.4. The first-order valence-corrected chi connectivity index (χ1v) is 5.62. The third kappa shape index (κ3) is 4.00. The molecule has 88 valence electrons. The van der Waals surface area contributed by atoms with Gasteiger partial charge in [0.1, 0.15) is 5.82 Å². The van der Waals surface area contributed by atoms with Gasteiger partial charge in [-0.15, -0.1) is 0 Å². The number of halogens is 2. The van der Waals surface area contributed by atoms with Crippen LogP contribution in [0.5, 0.6) is 0 Å². The molecule has 0 fully saturated rings. The Kier molecular flexibility index (Phi) is 5.59. The first-order valence-electron chi connectivity index (χ1n) is 4.83. The molecular weight excluding hydrogens is 277 g/mol. The molecule has 0 amide bonds. The number of ether oxygens (including phenoxy) is 1. The minimum absolute atomic E-state index is 0.0966. The molecule has 0 bridgehead atoms. The van der Waals surface area contributed by atoms with Gasteiger partial charge in [0.05, 0.1) is 18.7 Å². The number of Topliss-reactive ketones (excluding diaryl/α,β-unsaturated/α-hetero) is 1. The summed E-state index contributed by atoms with van der Waals surface area (Å²) in [4.78, 5) is 11.6. The molecule has 0 unspecified atom stereocenters. The van der Waals surface area contributed by atoms with Crippen molar-refractivity contribution in [2.75, 3.05) is 26.8 Å². The van der Waals surface area contributed by atoms with Gasteiger partial charge in [0.25, 0.3) is 0 Å². The van der Waals surface area contributed by atoms with Crippen LogP contribution in [0.4, 0.5) is 4.39 Å². The van der Waals surface area contributed by atoms with E-state index in [0.717, 1.165) is 0 Å². The molecule has 0 heterocycles. The van der Waals surface area contributed by atoms with Crippen molar-refractivity contribution >= 4 is 21.7 Å². The SMILES string of the molecule is COCCNCC(=O)c1cc(Br)ccc1F. The van der Waals surface area contributed by atoms with Gasteiger partial charge in [0.2, 0.25) is 0 Å². The van der Waals surface area contributed by atoms with Gasteiger partial charge in [-0.2, -0.15) is 0 Å². The zero-order valence-electron chi connectivity index (χ0n) is 8.93. The van der Waals surface area contributed by atoms with Crippen molar-refractivity contribution in [2.45, 2.75) is 0 Å². The number of hydrogen-bond acceptors (Lipinski definition) is 3. The van der Waals surface area contributed by atoms with Gasteiger partial charge in [-0.1, -0.05) is 15.9 Å². The molecule has 0 aromatic heterocycles. The highest BCUT2D eigenvalue weighted by atomic mass is 79.9. The van der Waals surface area contributed by atoms with Crippen molar-refractivity contribution in [3.8, 4) is 0 Å². The van der Waals surface area contributed by atoms with E-state index in [1.807, 2.05) is 0 Å². The zero-order chi connectivity index (χ0) is 12.0. The topological polar surface area (TPSA) is 38.3 Å². The van der Waals surface area contributed by atoms with Gasteiger partial charge in [0.15, 0.2) is 5.78 Å². The van der Waals surface area contributed by atoms with Crippen LogP contribution in [0.3, 0.4) is 0 Å². The molecule has 0 saturated carbocycles. The van der Waals surface area contributed by atoms with Crippen molar-refractivity contribution in [1.29, 1.82) is 0 Å². The number of hydrogen-bond donors (Lipinski definition) is 1. The molecule has 1 rings (SSSR count). The number of methoxy groups -OCH3 is 1. The Balaban J connectivity index is 2.55. The molecule has 0 aliphatic rings. The van der Waals surface area contributed by atoms with Crippen LogP contribution in [0, 0.1) is 5.82 Å². The number of rotatable bonds is 6. The molecule has 0 aliphatic carbocycles. The molecule has 1 N–H and O–H groups in total. The van der Waals surface area contributed by atoms with Crippen molar-refractivity contribution in [3.05, 3.63) is 34.1 Å². The number of carbonyl (C=O) groups excluding carboxylic acids is 1. The number of benzene rings is 1. The van der Waals surface area contributed by atoms with Crippen LogP contribution in [0.25, 0.3) is 0 Å². The van der Waals surface area contributed by atoms with E-state index in [0.29, 0.717) is 17.6 Å². The fraction of sp³-hybridized carbons (Fsp3) is 0.364. The standard InChI is InChI=1S/C11H13BrFNO2/c1-16-5-4-14-7-11(15)9-6-8(12)2-3-10(9)13/h2-3,6,14H,4-5,7H2,1H3. The Bertz CT molecular complexity index is 371. The molecule has 5 heteroatoms. The molecule has 0 aliphatic heterocycles. The van der Waals surface area contributed by atoms with E-state index >= 15 is 0 Å². The van der Waals surface area contributed by atoms with E-state index in [2.05, 4.69) is 21.2 Å². The average molecular weight is 290 g/mol. The summed E-state index contributed by atoms with van der Waals surface area (Å²) in [6.45, 7) is 1.20. The van der Waals surface area contributed by atoms with Crippen LogP contribution in [-0.2, 0) is 4.74 Å². The van der Waals surface area contributed by atoms with Crippen LogP contribution >= 0.6 is 15.9 Å². The minimum atomic E-state index is -0.498. The molecule has 16 heavy (non-hydrogen) atoms. The fourth-order valence-electron chi connectivity index (χ4n) is 1.18. The van der Waals surface area contributed by atoms with Gasteiger partial charge >= 0.3 is 0 Å². The predicted molar refractivity (Wildman–Crippen MR) is 63.2 cm³/mol. The highest BCUT2D eigenvalue weighted by molar-refractivity contribution is 9.10. The van der Waals surface area contributed by atoms with Gasteiger partial charge in [0, 0.05) is 18.1 Å². The third-order valence-electron chi connectivity index (χ3n) is 2.00. The summed E-state index contributed by atoms with van der Waals surface area (Å²) in [6, 6.07) is 4.31. The van der Waals surface area contributed by atoms with Gasteiger partial charge < -0.3 is 10.1 Å². The second-order valence-corrected chi connectivity index (χ2v) is 4.13. The smallest absolute Gasteiger partial charge is 0.179 e. The number of carbonyl (C=O) groups is 1. The molecule has 1 aromatic carbocycles. The van der Waals surface area contributed by atoms with E-state index in [4.69, 9.17) is 4.74 Å². The number of nitrogens with one attached hydrogen (secondary N) is 1. The van der Waals surface area contributed by atoms with Gasteiger partial charge in [-0.05, 0) is 18.2 Å². The lowest BCUT2D eigenvalue weighted by Gasteiger charge is -2.05. The van der Waals surface area contributed by atoms with Crippen molar-refractivity contribution in [3.63, 3.8) is 0 Å². The molecule has 0 atom stereocenters. The maximum atomic E-state index is 13.3. The Hall–Kier alpha value is -0.780. The lowest BCUT2D eigenvalue weighted by molar-refractivity contribution is 0.0983. The Labute approximate surface area is 102 Å². The summed E-state index contributed by atoms with van der Waals surface area (Å²) < 4.78 is 18.8. The van der Waals surface area contributed by atoms with Crippen molar-refractivity contribution < 1.29 is 13.9 Å². The quantitative estimate of drug-likeness (QED) is 0.643. The second-order valence-electron chi connectivity index (χ2n) is 3.22. The maximum Gasteiger partial charge on any atom is 0.179 e. The van der Waals surface area contributed by atoms with E-state index in [-0.39, 0.29) is 17.9 Å². The summed E-state index contributed by atoms with van der Waals surface area (Å²) in [5.74, 6) is -0.767. The van der Waals surface area contributed by atoms with Crippen LogP contribution in [0.1, 0.15) is 10.4 Å². The summed E-state index contributed by atoms with van der Waals surface area (Å²) in [5, 5.41) is 2.87. The first-order chi connectivity index (χ1) is 7.65. The monoisotopic (exact) mass is 289 g/mol. The molecule has 0 radical (unpaired) electrons. The first kappa shape index (κ1) is 13.3. The average Bonchev–Trinajstić information content (AvgIpc) is 2.27. The second kappa shape index (κ2) is 6.73. The third-order valence-corrected chi connectivity index (χ3v) is 2.49. The van der Waals surface area contributed by atoms with E-state index in [1.54, 1.807) is 13.2 Å². The molecule has 0 spiro atoms. The minimum Gasteiger partial charge on any atom is -0.383 e. The van der Waals surface area contributed by atoms with Gasteiger partial charge in [-0.3, -0.25) is 4.79 Å². The van der Waals surface area contributed by atoms with Crippen LogP contribution < -0.4 is 5.32 Å². The summed E-state index contributed by atoms with van der Waals surface area (Å²) in [7, 11) is 1.58. The lowest BCUT2D eigenvalue weighted by atomic mass is 10.1. The van der Waals surface area contributed by atoms with Crippen LogP contribution in [0.2, 0.25) is 0 Å². The van der Waals surface area contributed by atoms with Gasteiger partial charge in [-0.25, -0.2) is 4.39 Å². The molecule has 0 saturated heterocycles. The Morgan fingerprint density at radius 1 is 1.56 bits per heavy atom. The summed E-state index contributed by atoms with van der Waals surface area (Å²) in [6.07, 6.45) is 0. The van der Waals surface area contributed by atoms with Crippen molar-refractivity contribution in [1.82, 2.24) is 5.32 Å². The van der Waals surface area contributed by atoms with E-state index in [9.17, 15) is 9.18 Å². The fourth-order valence-corrected chi connectivity index (χ4v) is 1.54. The molecular formula is C11H13BrFNO2. The van der Waals surface area contributed by atoms with Crippen LogP contribution in [-0.4, -0.2) is 32.6 Å². The highest BCUT2D eigenvalue weighted by Crippen LogP contribution is 2.15. The Morgan fingerprint density at radius 2 is 2.31 bits per heavy atom. The zero-order valence-corrected chi connectivity index (χ0v) is 10.5. The summed E-state index contributed by atoms with van der Waals surface area (Å²) >= 11 is 3.20. The molecule has 3 nitrogen and oxygen atoms in total. The largest absolute Gasteiger partial charge is 0.383 e. The lowest BCUT2D eigenvalue weighted by Crippen LogP contribution is -2.26. The summed E-state index contributed by atoms with van der Waals surface area (Å²) in [5.41, 5.74) is 0.0966. The molecule has 1 aromatic rings. The van der Waals surface area contributed by atoms with Crippen molar-refractivity contribution in [2.24, 2.45) is 0 Å². The number of ketones is 1. The van der Waals surface area contributed by atoms with E-state index in [1.165, 1.54) is 12.1 Å². The van der Waals surface area contributed by atoms with E-state index < -0.39 is 5.82 Å². The highest BCUT2D eigenvalue weighted by Gasteiger charge is 2.11. The van der Waals surface area contributed by atoms with Crippen LogP contribution in [0.15, 0.2) is 22.7 Å². The predicted octanol–water partition coefficient (Wildman–Crippen LogP) is 2.01. The Morgan fingerprint density at radius 3 is 3.00 bits per heavy atom.